The molecule has 1 fully saturated rings. The van der Waals surface area contributed by atoms with Gasteiger partial charge in [-0.2, -0.15) is 11.8 Å². The van der Waals surface area contributed by atoms with Gasteiger partial charge in [-0.25, -0.2) is 0 Å². The molecule has 0 N–H and O–H groups in total. The fourth-order valence-electron chi connectivity index (χ4n) is 1.59. The Morgan fingerprint density at radius 1 is 1.54 bits per heavy atom. The maximum atomic E-state index is 11.7. The van der Waals surface area contributed by atoms with Crippen LogP contribution < -0.4 is 0 Å². The van der Waals surface area contributed by atoms with E-state index in [2.05, 4.69) is 20.8 Å². The highest BCUT2D eigenvalue weighted by Gasteiger charge is 2.28. The third-order valence-corrected chi connectivity index (χ3v) is 3.59. The maximum Gasteiger partial charge on any atom is 0.223 e. The van der Waals surface area contributed by atoms with Crippen molar-refractivity contribution in [2.24, 2.45) is 0 Å². The lowest BCUT2D eigenvalue weighted by Gasteiger charge is -2.21. The van der Waals surface area contributed by atoms with E-state index in [0.29, 0.717) is 12.3 Å². The van der Waals surface area contributed by atoms with E-state index in [1.807, 2.05) is 16.7 Å². The van der Waals surface area contributed by atoms with Crippen LogP contribution in [-0.4, -0.2) is 34.4 Å². The number of amides is 1. The van der Waals surface area contributed by atoms with Gasteiger partial charge in [-0.15, -0.1) is 0 Å². The Labute approximate surface area is 85.1 Å². The van der Waals surface area contributed by atoms with Crippen molar-refractivity contribution >= 4 is 17.7 Å². The van der Waals surface area contributed by atoms with E-state index in [1.54, 1.807) is 0 Å². The van der Waals surface area contributed by atoms with Crippen molar-refractivity contribution in [2.45, 2.75) is 38.4 Å². The first-order chi connectivity index (χ1) is 6.05. The summed E-state index contributed by atoms with van der Waals surface area (Å²) >= 11 is 1.91. The minimum atomic E-state index is 0.138. The van der Waals surface area contributed by atoms with E-state index in [4.69, 9.17) is 0 Å². The first-order valence-electron chi connectivity index (χ1n) is 4.97. The number of thioether (sulfide) groups is 1. The van der Waals surface area contributed by atoms with Gasteiger partial charge in [0.25, 0.3) is 0 Å². The lowest BCUT2D eigenvalue weighted by Crippen LogP contribution is -2.33. The van der Waals surface area contributed by atoms with Crippen LogP contribution >= 0.6 is 11.8 Å². The van der Waals surface area contributed by atoms with E-state index in [1.165, 1.54) is 0 Å². The average molecular weight is 201 g/mol. The van der Waals surface area contributed by atoms with Crippen LogP contribution in [-0.2, 0) is 4.79 Å². The molecule has 1 aliphatic rings. The molecule has 1 heterocycles. The zero-order valence-corrected chi connectivity index (χ0v) is 9.62. The Balaban J connectivity index is 2.57. The van der Waals surface area contributed by atoms with E-state index in [9.17, 15) is 4.79 Å². The first-order valence-corrected chi connectivity index (χ1v) is 5.95. The normalized spacial score (nSPS) is 23.0. The van der Waals surface area contributed by atoms with Crippen LogP contribution in [0.15, 0.2) is 0 Å². The molecule has 0 saturated carbocycles. The SMILES string of the molecule is CCCN1CCSC(C)(C)CC1=O. The van der Waals surface area contributed by atoms with Crippen LogP contribution in [0.4, 0.5) is 0 Å². The summed E-state index contributed by atoms with van der Waals surface area (Å²) in [5, 5.41) is 0. The van der Waals surface area contributed by atoms with Gasteiger partial charge in [0.1, 0.15) is 0 Å². The maximum absolute atomic E-state index is 11.7. The van der Waals surface area contributed by atoms with Gasteiger partial charge in [0.15, 0.2) is 0 Å². The number of rotatable bonds is 2. The van der Waals surface area contributed by atoms with Crippen molar-refractivity contribution in [3.8, 4) is 0 Å². The summed E-state index contributed by atoms with van der Waals surface area (Å²) in [4.78, 5) is 13.7. The highest BCUT2D eigenvalue weighted by atomic mass is 32.2. The van der Waals surface area contributed by atoms with Gasteiger partial charge in [-0.3, -0.25) is 4.79 Å². The van der Waals surface area contributed by atoms with Gasteiger partial charge in [0.2, 0.25) is 5.91 Å². The number of nitrogens with zero attached hydrogens (tertiary/aromatic N) is 1. The van der Waals surface area contributed by atoms with Crippen molar-refractivity contribution in [3.05, 3.63) is 0 Å². The van der Waals surface area contributed by atoms with Gasteiger partial charge in [-0.1, -0.05) is 20.8 Å². The van der Waals surface area contributed by atoms with Gasteiger partial charge >= 0.3 is 0 Å². The Bertz CT molecular complexity index is 191. The zero-order chi connectivity index (χ0) is 9.90. The second-order valence-electron chi connectivity index (χ2n) is 4.17. The summed E-state index contributed by atoms with van der Waals surface area (Å²) in [6.45, 7) is 8.29. The topological polar surface area (TPSA) is 20.3 Å². The molecule has 13 heavy (non-hydrogen) atoms. The van der Waals surface area contributed by atoms with Crippen molar-refractivity contribution < 1.29 is 4.79 Å². The molecule has 76 valence electrons. The fourth-order valence-corrected chi connectivity index (χ4v) is 2.68. The molecule has 0 radical (unpaired) electrons. The summed E-state index contributed by atoms with van der Waals surface area (Å²) in [5.41, 5.74) is 0. The quantitative estimate of drug-likeness (QED) is 0.682. The molecule has 0 unspecified atom stereocenters. The van der Waals surface area contributed by atoms with Crippen molar-refractivity contribution in [3.63, 3.8) is 0 Å². The standard InChI is InChI=1S/C10H19NOS/c1-4-5-11-6-7-13-10(2,3)8-9(11)12/h4-8H2,1-3H3. The molecule has 0 atom stereocenters. The van der Waals surface area contributed by atoms with Crippen molar-refractivity contribution in [1.29, 1.82) is 0 Å². The van der Waals surface area contributed by atoms with Gasteiger partial charge < -0.3 is 4.90 Å². The monoisotopic (exact) mass is 201 g/mol. The second kappa shape index (κ2) is 4.36. The Hall–Kier alpha value is -0.180. The molecule has 3 heteroatoms. The molecular formula is C10H19NOS. The molecule has 0 aromatic heterocycles. The summed E-state index contributed by atoms with van der Waals surface area (Å²) in [5.74, 6) is 1.41. The number of hydrogen-bond acceptors (Lipinski definition) is 2. The highest BCUT2D eigenvalue weighted by molar-refractivity contribution is 8.00. The lowest BCUT2D eigenvalue weighted by molar-refractivity contribution is -0.131. The third kappa shape index (κ3) is 3.22. The molecule has 0 aliphatic carbocycles. The molecule has 0 spiro atoms. The van der Waals surface area contributed by atoms with Crippen LogP contribution in [0.3, 0.4) is 0 Å². The first kappa shape index (κ1) is 10.9. The fraction of sp³-hybridized carbons (Fsp3) is 0.900. The summed E-state index contributed by atoms with van der Waals surface area (Å²) in [6, 6.07) is 0. The molecule has 2 nitrogen and oxygen atoms in total. The second-order valence-corrected chi connectivity index (χ2v) is 5.97. The van der Waals surface area contributed by atoms with E-state index in [0.717, 1.165) is 25.3 Å². The molecule has 1 saturated heterocycles. The lowest BCUT2D eigenvalue weighted by atomic mass is 10.1. The molecule has 0 aromatic carbocycles. The molecule has 0 aromatic rings. The predicted molar refractivity (Wildman–Crippen MR) is 58.0 cm³/mol. The highest BCUT2D eigenvalue weighted by Crippen LogP contribution is 2.31. The van der Waals surface area contributed by atoms with Crippen LogP contribution in [0.2, 0.25) is 0 Å². The van der Waals surface area contributed by atoms with Crippen LogP contribution in [0.1, 0.15) is 33.6 Å². The zero-order valence-electron chi connectivity index (χ0n) is 8.80. The van der Waals surface area contributed by atoms with Gasteiger partial charge in [0.05, 0.1) is 0 Å². The van der Waals surface area contributed by atoms with Gasteiger partial charge in [0, 0.05) is 30.0 Å². The molecule has 1 amide bonds. The Morgan fingerprint density at radius 2 is 2.23 bits per heavy atom. The largest absolute Gasteiger partial charge is 0.342 e. The minimum absolute atomic E-state index is 0.138. The van der Waals surface area contributed by atoms with Crippen LogP contribution in [0, 0.1) is 0 Å². The smallest absolute Gasteiger partial charge is 0.223 e. The molecule has 1 aliphatic heterocycles. The molecule has 0 bridgehead atoms. The molecular weight excluding hydrogens is 182 g/mol. The molecule has 1 rings (SSSR count). The Morgan fingerprint density at radius 3 is 2.85 bits per heavy atom. The average Bonchev–Trinajstić information content (AvgIpc) is 2.11. The van der Waals surface area contributed by atoms with E-state index in [-0.39, 0.29) is 4.75 Å². The number of hydrogen-bond donors (Lipinski definition) is 0. The Kier molecular flexibility index (Phi) is 3.65. The van der Waals surface area contributed by atoms with Crippen molar-refractivity contribution in [2.75, 3.05) is 18.8 Å². The summed E-state index contributed by atoms with van der Waals surface area (Å²) in [7, 11) is 0. The predicted octanol–water partition coefficient (Wildman–Crippen LogP) is 2.14. The third-order valence-electron chi connectivity index (χ3n) is 2.28. The summed E-state index contributed by atoms with van der Waals surface area (Å²) < 4.78 is 0.138. The van der Waals surface area contributed by atoms with Gasteiger partial charge in [-0.05, 0) is 6.42 Å². The number of carbonyl (C=O) groups is 1. The minimum Gasteiger partial charge on any atom is -0.342 e. The van der Waals surface area contributed by atoms with E-state index >= 15 is 0 Å². The summed E-state index contributed by atoms with van der Waals surface area (Å²) in [6.07, 6.45) is 1.76. The van der Waals surface area contributed by atoms with E-state index < -0.39 is 0 Å². The number of carbonyl (C=O) groups excluding carboxylic acids is 1. The van der Waals surface area contributed by atoms with Crippen LogP contribution in [0.5, 0.6) is 0 Å². The van der Waals surface area contributed by atoms with Crippen molar-refractivity contribution in [1.82, 2.24) is 4.90 Å². The van der Waals surface area contributed by atoms with Crippen LogP contribution in [0.25, 0.3) is 0 Å².